The number of aromatic nitrogens is 1. The van der Waals surface area contributed by atoms with Crippen LogP contribution < -0.4 is 10.1 Å². The summed E-state index contributed by atoms with van der Waals surface area (Å²) >= 11 is 0. The summed E-state index contributed by atoms with van der Waals surface area (Å²) in [5.74, 6) is 1.18. The van der Waals surface area contributed by atoms with Crippen LogP contribution >= 0.6 is 0 Å². The molecule has 1 aliphatic carbocycles. The van der Waals surface area contributed by atoms with Crippen LogP contribution in [0.3, 0.4) is 0 Å². The highest BCUT2D eigenvalue weighted by molar-refractivity contribution is 5.95. The molecule has 1 fully saturated rings. The summed E-state index contributed by atoms with van der Waals surface area (Å²) in [6, 6.07) is 8.50. The lowest BCUT2D eigenvalue weighted by Crippen LogP contribution is -2.30. The van der Waals surface area contributed by atoms with Crippen LogP contribution in [0.4, 0.5) is 0 Å². The quantitative estimate of drug-likeness (QED) is 0.687. The third-order valence-corrected chi connectivity index (χ3v) is 4.34. The number of benzene rings is 1. The number of carbonyl (C=O) groups is 2. The minimum Gasteiger partial charge on any atom is -0.497 e. The Kier molecular flexibility index (Phi) is 5.90. The second-order valence-electron chi connectivity index (χ2n) is 6.54. The molecule has 0 aliphatic heterocycles. The molecule has 0 bridgehead atoms. The molecular formula is C20H23N3O4. The van der Waals surface area contributed by atoms with E-state index in [4.69, 9.17) is 9.26 Å². The van der Waals surface area contributed by atoms with Gasteiger partial charge in [-0.15, -0.1) is 6.58 Å². The first kappa shape index (κ1) is 18.7. The normalized spacial score (nSPS) is 13.1. The van der Waals surface area contributed by atoms with Crippen molar-refractivity contribution in [3.05, 3.63) is 60.0 Å². The van der Waals surface area contributed by atoms with Gasteiger partial charge in [-0.05, 0) is 37.0 Å². The van der Waals surface area contributed by atoms with E-state index in [1.165, 1.54) is 0 Å². The average Bonchev–Trinajstić information content (AvgIpc) is 3.41. The number of amides is 2. The Bertz CT molecular complexity index is 826. The molecule has 2 amide bonds. The smallest absolute Gasteiger partial charge is 0.273 e. The Morgan fingerprint density at radius 1 is 1.41 bits per heavy atom. The van der Waals surface area contributed by atoms with E-state index in [1.807, 2.05) is 0 Å². The standard InChI is InChI=1S/C20H23N3O4/c1-3-9-23(20(25)15-5-4-6-16(10-15)26-2)13-17-11-18(22-27-17)19(24)21-12-14-7-8-14/h3-6,10-11,14H,1,7-9,12-13H2,2H3,(H,21,24). The molecule has 1 heterocycles. The van der Waals surface area contributed by atoms with Gasteiger partial charge in [-0.3, -0.25) is 9.59 Å². The predicted molar refractivity (Wildman–Crippen MR) is 99.5 cm³/mol. The van der Waals surface area contributed by atoms with Gasteiger partial charge in [-0.2, -0.15) is 0 Å². The Balaban J connectivity index is 1.67. The number of ether oxygens (including phenoxy) is 1. The van der Waals surface area contributed by atoms with Crippen LogP contribution in [0, 0.1) is 5.92 Å². The molecule has 0 unspecified atom stereocenters. The molecule has 2 aromatic rings. The summed E-state index contributed by atoms with van der Waals surface area (Å²) in [7, 11) is 1.55. The van der Waals surface area contributed by atoms with Crippen LogP contribution in [0.2, 0.25) is 0 Å². The van der Waals surface area contributed by atoms with Crippen LogP contribution in [0.15, 0.2) is 47.5 Å². The van der Waals surface area contributed by atoms with Gasteiger partial charge >= 0.3 is 0 Å². The molecular weight excluding hydrogens is 346 g/mol. The third kappa shape index (κ3) is 4.97. The van der Waals surface area contributed by atoms with E-state index >= 15 is 0 Å². The van der Waals surface area contributed by atoms with E-state index in [0.717, 1.165) is 12.8 Å². The number of carbonyl (C=O) groups excluding carboxylic acids is 2. The monoisotopic (exact) mass is 369 g/mol. The highest BCUT2D eigenvalue weighted by Gasteiger charge is 2.23. The van der Waals surface area contributed by atoms with Crippen molar-refractivity contribution in [3.63, 3.8) is 0 Å². The number of nitrogens with one attached hydrogen (secondary N) is 1. The molecule has 7 nitrogen and oxygen atoms in total. The molecule has 0 saturated heterocycles. The van der Waals surface area contributed by atoms with Crippen LogP contribution in [0.1, 0.15) is 39.4 Å². The van der Waals surface area contributed by atoms with Crippen molar-refractivity contribution in [3.8, 4) is 5.75 Å². The first-order valence-electron chi connectivity index (χ1n) is 8.88. The number of rotatable bonds is 9. The summed E-state index contributed by atoms with van der Waals surface area (Å²) in [4.78, 5) is 26.5. The van der Waals surface area contributed by atoms with Gasteiger partial charge in [0, 0.05) is 24.7 Å². The molecule has 0 radical (unpaired) electrons. The van der Waals surface area contributed by atoms with Crippen molar-refractivity contribution in [2.45, 2.75) is 19.4 Å². The lowest BCUT2D eigenvalue weighted by Gasteiger charge is -2.19. The maximum atomic E-state index is 12.8. The maximum absolute atomic E-state index is 12.8. The largest absolute Gasteiger partial charge is 0.497 e. The van der Waals surface area contributed by atoms with Crippen molar-refractivity contribution in [1.29, 1.82) is 0 Å². The van der Waals surface area contributed by atoms with Gasteiger partial charge in [0.25, 0.3) is 11.8 Å². The summed E-state index contributed by atoms with van der Waals surface area (Å²) < 4.78 is 10.4. The first-order chi connectivity index (χ1) is 13.1. The van der Waals surface area contributed by atoms with Crippen molar-refractivity contribution in [2.75, 3.05) is 20.2 Å². The van der Waals surface area contributed by atoms with Crippen LogP contribution in [-0.4, -0.2) is 42.1 Å². The van der Waals surface area contributed by atoms with Crippen molar-refractivity contribution in [2.24, 2.45) is 5.92 Å². The summed E-state index contributed by atoms with van der Waals surface area (Å²) in [6.07, 6.45) is 3.96. The van der Waals surface area contributed by atoms with Crippen molar-refractivity contribution in [1.82, 2.24) is 15.4 Å². The molecule has 0 atom stereocenters. The topological polar surface area (TPSA) is 84.7 Å². The van der Waals surface area contributed by atoms with Gasteiger partial charge in [0.1, 0.15) is 5.75 Å². The minimum absolute atomic E-state index is 0.185. The van der Waals surface area contributed by atoms with Gasteiger partial charge in [0.05, 0.1) is 13.7 Å². The second kappa shape index (κ2) is 8.53. The zero-order valence-electron chi connectivity index (χ0n) is 15.3. The summed E-state index contributed by atoms with van der Waals surface area (Å²) in [6.45, 7) is 4.89. The van der Waals surface area contributed by atoms with E-state index in [-0.39, 0.29) is 24.1 Å². The molecule has 3 rings (SSSR count). The Labute approximate surface area is 158 Å². The molecule has 1 saturated carbocycles. The number of hydrogen-bond donors (Lipinski definition) is 1. The summed E-state index contributed by atoms with van der Waals surface area (Å²) in [5, 5.41) is 6.66. The molecule has 27 heavy (non-hydrogen) atoms. The highest BCUT2D eigenvalue weighted by Crippen LogP contribution is 2.27. The third-order valence-electron chi connectivity index (χ3n) is 4.34. The molecule has 1 aliphatic rings. The van der Waals surface area contributed by atoms with E-state index in [9.17, 15) is 9.59 Å². The number of methoxy groups -OCH3 is 1. The zero-order valence-corrected chi connectivity index (χ0v) is 15.3. The lowest BCUT2D eigenvalue weighted by molar-refractivity contribution is 0.0747. The molecule has 1 N–H and O–H groups in total. The number of nitrogens with zero attached hydrogens (tertiary/aromatic N) is 2. The van der Waals surface area contributed by atoms with Crippen molar-refractivity contribution < 1.29 is 18.8 Å². The Morgan fingerprint density at radius 2 is 2.22 bits per heavy atom. The van der Waals surface area contributed by atoms with E-state index in [0.29, 0.717) is 36.1 Å². The Morgan fingerprint density at radius 3 is 2.93 bits per heavy atom. The van der Waals surface area contributed by atoms with Crippen molar-refractivity contribution >= 4 is 11.8 Å². The van der Waals surface area contributed by atoms with Gasteiger partial charge in [-0.1, -0.05) is 17.3 Å². The average molecular weight is 369 g/mol. The van der Waals surface area contributed by atoms with Gasteiger partial charge in [0.2, 0.25) is 0 Å². The number of hydrogen-bond acceptors (Lipinski definition) is 5. The van der Waals surface area contributed by atoms with Gasteiger partial charge in [-0.25, -0.2) is 0 Å². The maximum Gasteiger partial charge on any atom is 0.273 e. The minimum atomic E-state index is -0.258. The van der Waals surface area contributed by atoms with Crippen LogP contribution in [0.5, 0.6) is 5.75 Å². The second-order valence-corrected chi connectivity index (χ2v) is 6.54. The van der Waals surface area contributed by atoms with Gasteiger partial charge in [0.15, 0.2) is 11.5 Å². The van der Waals surface area contributed by atoms with Gasteiger partial charge < -0.3 is 19.5 Å². The molecule has 1 aromatic heterocycles. The van der Waals surface area contributed by atoms with E-state index in [2.05, 4.69) is 17.1 Å². The first-order valence-corrected chi connectivity index (χ1v) is 8.88. The fourth-order valence-corrected chi connectivity index (χ4v) is 2.65. The van der Waals surface area contributed by atoms with Crippen LogP contribution in [0.25, 0.3) is 0 Å². The highest BCUT2D eigenvalue weighted by atomic mass is 16.5. The Hall–Kier alpha value is -3.09. The fraction of sp³-hybridized carbons (Fsp3) is 0.350. The molecule has 7 heteroatoms. The van der Waals surface area contributed by atoms with E-state index < -0.39 is 0 Å². The SMILES string of the molecule is C=CCN(Cc1cc(C(=O)NCC2CC2)no1)C(=O)c1cccc(OC)c1. The lowest BCUT2D eigenvalue weighted by atomic mass is 10.2. The molecule has 1 aromatic carbocycles. The predicted octanol–water partition coefficient (Wildman–Crippen LogP) is 2.65. The molecule has 142 valence electrons. The van der Waals surface area contributed by atoms with Crippen LogP contribution in [-0.2, 0) is 6.54 Å². The summed E-state index contributed by atoms with van der Waals surface area (Å²) in [5.41, 5.74) is 0.719. The zero-order chi connectivity index (χ0) is 19.2. The molecule has 0 spiro atoms. The fourth-order valence-electron chi connectivity index (χ4n) is 2.65. The van der Waals surface area contributed by atoms with E-state index in [1.54, 1.807) is 48.4 Å².